The lowest BCUT2D eigenvalue weighted by Crippen LogP contribution is -2.59. The summed E-state index contributed by atoms with van der Waals surface area (Å²) in [5.41, 5.74) is 7.74. The van der Waals surface area contributed by atoms with E-state index in [-0.39, 0.29) is 25.6 Å². The van der Waals surface area contributed by atoms with Crippen molar-refractivity contribution in [2.75, 3.05) is 47.1 Å². The number of amidine groups is 2. The Hall–Kier alpha value is -7.40. The monoisotopic (exact) mass is 960 g/mol. The molecule has 0 bridgehead atoms. The van der Waals surface area contributed by atoms with Gasteiger partial charge in [-0.25, -0.2) is 27.5 Å². The Morgan fingerprint density at radius 1 is 0.714 bits per heavy atom. The lowest BCUT2D eigenvalue weighted by molar-refractivity contribution is -0.0383. The lowest BCUT2D eigenvalue weighted by atomic mass is 9.85. The minimum atomic E-state index is -1.48. The van der Waals surface area contributed by atoms with Crippen molar-refractivity contribution in [2.24, 2.45) is 10.3 Å². The molecule has 1 N–H and O–H groups in total. The van der Waals surface area contributed by atoms with Crippen LogP contribution in [0.3, 0.4) is 0 Å². The molecule has 2 saturated heterocycles. The van der Waals surface area contributed by atoms with Crippen molar-refractivity contribution >= 4 is 23.8 Å². The summed E-state index contributed by atoms with van der Waals surface area (Å²) in [5.74, 6) is -1.49. The molecule has 2 fully saturated rings. The van der Waals surface area contributed by atoms with Crippen molar-refractivity contribution in [2.45, 2.75) is 65.0 Å². The average molecular weight is 961 g/mol. The second-order valence-electron chi connectivity index (χ2n) is 17.0. The zero-order valence-corrected chi connectivity index (χ0v) is 40.0. The topological polar surface area (TPSA) is 124 Å². The molecule has 2 aromatic heterocycles. The second kappa shape index (κ2) is 21.5. The summed E-state index contributed by atoms with van der Waals surface area (Å²) in [6.45, 7) is 9.38. The van der Waals surface area contributed by atoms with Crippen LogP contribution in [0.2, 0.25) is 0 Å². The van der Waals surface area contributed by atoms with Crippen LogP contribution < -0.4 is 9.47 Å². The number of aryl methyl sites for hydroxylation is 2. The van der Waals surface area contributed by atoms with E-state index in [0.29, 0.717) is 29.5 Å². The van der Waals surface area contributed by atoms with E-state index in [1.54, 1.807) is 39.0 Å². The number of ether oxygens (including phenoxy) is 2. The van der Waals surface area contributed by atoms with E-state index >= 15 is 0 Å². The van der Waals surface area contributed by atoms with Gasteiger partial charge in [0.1, 0.15) is 36.1 Å². The molecule has 0 spiro atoms. The first kappa shape index (κ1) is 49.0. The molecule has 0 radical (unpaired) electrons. The van der Waals surface area contributed by atoms with Crippen LogP contribution in [0.15, 0.2) is 119 Å². The first-order valence-electron chi connectivity index (χ1n) is 23.2. The molecule has 0 amide bonds. The predicted molar refractivity (Wildman–Crippen MR) is 260 cm³/mol. The molecule has 6 aromatic rings. The number of aliphatic hydroxyl groups is 1. The Balaban J connectivity index is 0.000000182. The van der Waals surface area contributed by atoms with Gasteiger partial charge in [0.25, 0.3) is 0 Å². The summed E-state index contributed by atoms with van der Waals surface area (Å²) in [7, 11) is 3.27. The van der Waals surface area contributed by atoms with Crippen molar-refractivity contribution in [3.63, 3.8) is 0 Å². The Bertz CT molecular complexity index is 2930. The number of aliphatic hydroxyl groups excluding tert-OH is 1. The zero-order chi connectivity index (χ0) is 49.5. The highest BCUT2D eigenvalue weighted by molar-refractivity contribution is 6.04. The van der Waals surface area contributed by atoms with E-state index < -0.39 is 29.0 Å². The molecule has 2 unspecified atom stereocenters. The Labute approximate surface area is 404 Å². The number of oxime groups is 2. The molecular weight excluding hydrogens is 905 g/mol. The fraction of sp³-hybridized carbons (Fsp3) is 0.321. The van der Waals surface area contributed by atoms with Gasteiger partial charge in [-0.3, -0.25) is 0 Å². The first-order chi connectivity index (χ1) is 34.0. The summed E-state index contributed by atoms with van der Waals surface area (Å²) in [4.78, 5) is 23.7. The summed E-state index contributed by atoms with van der Waals surface area (Å²) < 4.78 is 69.9. The van der Waals surface area contributed by atoms with E-state index in [9.17, 15) is 22.7 Å². The number of benzene rings is 4. The SMILES string of the molecule is CC.COc1cc(/C=C2\CCCN3C2=NOCC3(CO)c2ccc(F)cc2)ccc1-n1cnc(C)c1.COc1cc(/C=C2\CCCN3C2=NOCC3c2cc(F)c(F)c(F)c2)ccc1-n1cnc(C)c1. The van der Waals surface area contributed by atoms with Crippen molar-refractivity contribution in [3.05, 3.63) is 166 Å². The second-order valence-corrected chi connectivity index (χ2v) is 17.0. The fourth-order valence-corrected chi connectivity index (χ4v) is 9.18. The lowest BCUT2D eigenvalue weighted by Gasteiger charge is -2.48. The Morgan fingerprint density at radius 3 is 1.79 bits per heavy atom. The summed E-state index contributed by atoms with van der Waals surface area (Å²) in [5, 5.41) is 19.1. The number of hydrogen-bond donors (Lipinski definition) is 1. The van der Waals surface area contributed by atoms with Crippen LogP contribution in [0, 0.1) is 37.1 Å². The van der Waals surface area contributed by atoms with Crippen molar-refractivity contribution in [1.82, 2.24) is 28.9 Å². The highest BCUT2D eigenvalue weighted by Gasteiger charge is 2.46. The minimum absolute atomic E-state index is 0.119. The standard InChI is InChI=1S/C26H27FN4O3.C25H23F3N4O2.C2H6/c1-18-14-30(17-28-18)23-10-5-19(13-24(23)33-2)12-20-4-3-11-31-25(20)29-34-16-26(31,15-32)21-6-8-22(27)9-7-21;1-15-12-31(14-29-15)21-6-5-16(9-23(21)33-2)8-17-4-3-7-32-22(13-34-30-25(17)32)18-10-19(26)24(28)20(27)11-18;1-2/h5-10,12-14,17,32H,3-4,11,15-16H2,1-2H3;5-6,8-12,14,22H,3-4,7,13H2,1-2H3;1-2H3/b20-12+;17-8+;. The van der Waals surface area contributed by atoms with Gasteiger partial charge >= 0.3 is 0 Å². The molecule has 2 atom stereocenters. The Morgan fingerprint density at radius 2 is 1.26 bits per heavy atom. The Kier molecular flexibility index (Phi) is 15.1. The van der Waals surface area contributed by atoms with Gasteiger partial charge in [0.15, 0.2) is 29.1 Å². The van der Waals surface area contributed by atoms with Crippen LogP contribution in [-0.4, -0.2) is 92.8 Å². The van der Waals surface area contributed by atoms with Crippen LogP contribution in [0.5, 0.6) is 11.5 Å². The van der Waals surface area contributed by atoms with E-state index in [0.717, 1.165) is 101 Å². The van der Waals surface area contributed by atoms with Crippen molar-refractivity contribution in [1.29, 1.82) is 0 Å². The van der Waals surface area contributed by atoms with Gasteiger partial charge in [0.2, 0.25) is 0 Å². The normalized spacial score (nSPS) is 19.6. The van der Waals surface area contributed by atoms with Gasteiger partial charge < -0.3 is 43.2 Å². The third kappa shape index (κ3) is 10.0. The number of halogens is 4. The molecule has 70 heavy (non-hydrogen) atoms. The maximum absolute atomic E-state index is 13.9. The molecular formula is C53H56F4N8O5. The fourth-order valence-electron chi connectivity index (χ4n) is 9.18. The summed E-state index contributed by atoms with van der Waals surface area (Å²) >= 11 is 0. The molecule has 4 aliphatic rings. The molecule has 13 nitrogen and oxygen atoms in total. The highest BCUT2D eigenvalue weighted by atomic mass is 19.2. The third-order valence-electron chi connectivity index (χ3n) is 12.6. The van der Waals surface area contributed by atoms with Crippen LogP contribution >= 0.6 is 0 Å². The van der Waals surface area contributed by atoms with E-state index in [1.807, 2.05) is 96.6 Å². The average Bonchev–Trinajstić information content (AvgIpc) is 4.03. The number of nitrogens with zero attached hydrogens (tertiary/aromatic N) is 8. The van der Waals surface area contributed by atoms with Crippen molar-refractivity contribution in [3.8, 4) is 22.9 Å². The summed E-state index contributed by atoms with van der Waals surface area (Å²) in [6, 6.07) is 19.7. The van der Waals surface area contributed by atoms with Gasteiger partial charge in [-0.15, -0.1) is 0 Å². The van der Waals surface area contributed by atoms with Gasteiger partial charge in [-0.05, 0) is 134 Å². The highest BCUT2D eigenvalue weighted by Crippen LogP contribution is 2.39. The maximum atomic E-state index is 13.9. The first-order valence-corrected chi connectivity index (χ1v) is 23.2. The molecule has 4 aliphatic heterocycles. The third-order valence-corrected chi connectivity index (χ3v) is 12.6. The molecule has 17 heteroatoms. The van der Waals surface area contributed by atoms with Crippen LogP contribution in [0.1, 0.15) is 79.2 Å². The molecule has 0 aliphatic carbocycles. The molecule has 10 rings (SSSR count). The van der Waals surface area contributed by atoms with Crippen LogP contribution in [0.25, 0.3) is 23.5 Å². The van der Waals surface area contributed by atoms with E-state index in [4.69, 9.17) is 19.1 Å². The number of rotatable bonds is 9. The van der Waals surface area contributed by atoms with Gasteiger partial charge in [-0.1, -0.05) is 48.4 Å². The number of piperidine rings is 2. The molecule has 366 valence electrons. The van der Waals surface area contributed by atoms with E-state index in [1.165, 1.54) is 12.1 Å². The van der Waals surface area contributed by atoms with E-state index in [2.05, 4.69) is 31.3 Å². The number of imidazole rings is 2. The molecule has 6 heterocycles. The predicted octanol–water partition coefficient (Wildman–Crippen LogP) is 10.2. The molecule has 4 aromatic carbocycles. The summed E-state index contributed by atoms with van der Waals surface area (Å²) in [6.07, 6.45) is 14.8. The van der Waals surface area contributed by atoms with Crippen molar-refractivity contribution < 1.29 is 41.8 Å². The largest absolute Gasteiger partial charge is 0.495 e. The smallest absolute Gasteiger partial charge is 0.194 e. The number of aromatic nitrogens is 4. The maximum Gasteiger partial charge on any atom is 0.194 e. The van der Waals surface area contributed by atoms with Crippen LogP contribution in [0.4, 0.5) is 17.6 Å². The van der Waals surface area contributed by atoms with Gasteiger partial charge in [0, 0.05) is 25.5 Å². The number of fused-ring (bicyclic) bond motifs is 2. The quantitative estimate of drug-likeness (QED) is 0.111. The zero-order valence-electron chi connectivity index (χ0n) is 40.0. The van der Waals surface area contributed by atoms with Crippen LogP contribution in [-0.2, 0) is 15.2 Å². The van der Waals surface area contributed by atoms with Gasteiger partial charge in [-0.2, -0.15) is 0 Å². The van der Waals surface area contributed by atoms with Gasteiger partial charge in [0.05, 0.1) is 62.3 Å². The number of hydrogen-bond acceptors (Lipinski definition) is 11. The number of methoxy groups -OCH3 is 2. The minimum Gasteiger partial charge on any atom is -0.495 e. The molecule has 0 saturated carbocycles.